The quantitative estimate of drug-likeness (QED) is 0.335. The summed E-state index contributed by atoms with van der Waals surface area (Å²) in [5, 5.41) is 21.6. The van der Waals surface area contributed by atoms with Crippen molar-refractivity contribution in [2.45, 2.75) is 25.5 Å². The number of benzene rings is 2. The minimum absolute atomic E-state index is 0.00434. The Hall–Kier alpha value is -3.04. The second-order valence-corrected chi connectivity index (χ2v) is 9.66. The first-order chi connectivity index (χ1) is 16.1. The number of nitrogens with zero attached hydrogens (tertiary/aromatic N) is 2. The van der Waals surface area contributed by atoms with Crippen LogP contribution in [0.2, 0.25) is 0 Å². The van der Waals surface area contributed by atoms with Crippen LogP contribution in [0.4, 0.5) is 0 Å². The van der Waals surface area contributed by atoms with E-state index >= 15 is 0 Å². The summed E-state index contributed by atoms with van der Waals surface area (Å²) in [7, 11) is 5.17. The van der Waals surface area contributed by atoms with E-state index < -0.39 is 17.7 Å². The number of ether oxygens (including phenoxy) is 2. The Bertz CT molecular complexity index is 1190. The monoisotopic (exact) mass is 530 g/mol. The van der Waals surface area contributed by atoms with Gasteiger partial charge in [-0.05, 0) is 78.4 Å². The van der Waals surface area contributed by atoms with Crippen molar-refractivity contribution in [2.24, 2.45) is 0 Å². The topological polar surface area (TPSA) is 99.5 Å². The second-order valence-electron chi connectivity index (χ2n) is 8.80. The molecule has 1 amide bonds. The summed E-state index contributed by atoms with van der Waals surface area (Å²) in [6.45, 7) is 2.76. The third-order valence-corrected chi connectivity index (χ3v) is 6.69. The van der Waals surface area contributed by atoms with Gasteiger partial charge in [0.2, 0.25) is 0 Å². The van der Waals surface area contributed by atoms with Crippen LogP contribution in [0.3, 0.4) is 0 Å². The number of aliphatic hydroxyl groups excluding tert-OH is 1. The Morgan fingerprint density at radius 2 is 2.00 bits per heavy atom. The number of hydrogen-bond acceptors (Lipinski definition) is 7. The fraction of sp³-hybridized carbons (Fsp3) is 0.360. The number of hydrogen-bond donors (Lipinski definition) is 2. The summed E-state index contributed by atoms with van der Waals surface area (Å²) < 4.78 is 11.4. The highest BCUT2D eigenvalue weighted by atomic mass is 79.9. The normalized spacial score (nSPS) is 21.2. The van der Waals surface area contributed by atoms with Gasteiger partial charge < -0.3 is 29.5 Å². The van der Waals surface area contributed by atoms with E-state index in [1.54, 1.807) is 30.3 Å². The van der Waals surface area contributed by atoms with Gasteiger partial charge in [-0.3, -0.25) is 9.59 Å². The molecule has 2 aliphatic heterocycles. The Labute approximate surface area is 206 Å². The highest BCUT2D eigenvalue weighted by Crippen LogP contribution is 2.44. The molecule has 34 heavy (non-hydrogen) atoms. The van der Waals surface area contributed by atoms with Gasteiger partial charge in [-0.25, -0.2) is 0 Å². The molecule has 180 valence electrons. The maximum Gasteiger partial charge on any atom is 0.295 e. The van der Waals surface area contributed by atoms with Gasteiger partial charge in [0.25, 0.3) is 11.7 Å². The Morgan fingerprint density at radius 1 is 1.26 bits per heavy atom. The van der Waals surface area contributed by atoms with Gasteiger partial charge in [-0.1, -0.05) is 0 Å². The molecule has 0 radical (unpaired) electrons. The van der Waals surface area contributed by atoms with Gasteiger partial charge in [0, 0.05) is 25.1 Å². The molecule has 2 aromatic rings. The number of halogens is 1. The SMILES string of the molecule is COc1cc([C@H]2/C(=C(\O)c3ccc4c(c3)C[C@@H](C)O4)C(=O)C(=O)N2CCN(C)C)cc(Br)c1O. The van der Waals surface area contributed by atoms with Crippen LogP contribution in [0.25, 0.3) is 5.76 Å². The molecule has 2 N–H and O–H groups in total. The van der Waals surface area contributed by atoms with Crippen LogP contribution in [0.15, 0.2) is 40.4 Å². The Balaban J connectivity index is 1.87. The molecule has 2 aliphatic rings. The van der Waals surface area contributed by atoms with Gasteiger partial charge in [-0.2, -0.15) is 0 Å². The number of ketones is 1. The largest absolute Gasteiger partial charge is 0.507 e. The standard InChI is InChI=1S/C25H27BrN2O6/c1-13-9-15-10-14(5-6-18(15)34-13)22(29)20-21(16-11-17(26)23(30)19(12-16)33-4)28(8-7-27(2)3)25(32)24(20)31/h5-6,10-13,21,29-30H,7-9H2,1-4H3/b22-20+/t13-,21+/m1/s1. The summed E-state index contributed by atoms with van der Waals surface area (Å²) >= 11 is 3.32. The molecule has 2 atom stereocenters. The predicted molar refractivity (Wildman–Crippen MR) is 130 cm³/mol. The molecule has 2 heterocycles. The van der Waals surface area contributed by atoms with E-state index in [0.29, 0.717) is 28.6 Å². The van der Waals surface area contributed by atoms with E-state index in [1.165, 1.54) is 12.0 Å². The fourth-order valence-electron chi connectivity index (χ4n) is 4.40. The minimum atomic E-state index is -0.853. The molecule has 9 heteroatoms. The average molecular weight is 531 g/mol. The van der Waals surface area contributed by atoms with Crippen LogP contribution >= 0.6 is 15.9 Å². The van der Waals surface area contributed by atoms with Crippen LogP contribution in [-0.4, -0.2) is 72.1 Å². The van der Waals surface area contributed by atoms with E-state index in [-0.39, 0.29) is 35.5 Å². The first-order valence-electron chi connectivity index (χ1n) is 10.9. The Kier molecular flexibility index (Phi) is 6.60. The number of Topliss-reactive ketones (excluding diaryl/α,β-unsaturated/α-hetero) is 1. The number of methoxy groups -OCH3 is 1. The zero-order valence-electron chi connectivity index (χ0n) is 19.5. The second kappa shape index (κ2) is 9.31. The maximum atomic E-state index is 13.2. The van der Waals surface area contributed by atoms with Crippen LogP contribution in [0.1, 0.15) is 29.7 Å². The van der Waals surface area contributed by atoms with E-state index in [4.69, 9.17) is 9.47 Å². The number of carbonyl (C=O) groups is 2. The molecule has 0 spiro atoms. The molecule has 4 rings (SSSR count). The molecule has 2 aromatic carbocycles. The van der Waals surface area contributed by atoms with E-state index in [1.807, 2.05) is 25.9 Å². The van der Waals surface area contributed by atoms with Crippen molar-refractivity contribution in [3.63, 3.8) is 0 Å². The number of phenolic OH excluding ortho intramolecular Hbond substituents is 1. The predicted octanol–water partition coefficient (Wildman–Crippen LogP) is 3.47. The number of fused-ring (bicyclic) bond motifs is 1. The maximum absolute atomic E-state index is 13.2. The van der Waals surface area contributed by atoms with E-state index in [0.717, 1.165) is 11.3 Å². The molecule has 0 unspecified atom stereocenters. The lowest BCUT2D eigenvalue weighted by molar-refractivity contribution is -0.140. The lowest BCUT2D eigenvalue weighted by atomic mass is 9.94. The summed E-state index contributed by atoms with van der Waals surface area (Å²) in [4.78, 5) is 29.7. The summed E-state index contributed by atoms with van der Waals surface area (Å²) in [6, 6.07) is 7.60. The van der Waals surface area contributed by atoms with Crippen molar-refractivity contribution in [3.8, 4) is 17.2 Å². The van der Waals surface area contributed by atoms with Crippen molar-refractivity contribution in [3.05, 3.63) is 57.1 Å². The molecule has 0 aliphatic carbocycles. The number of amides is 1. The van der Waals surface area contributed by atoms with Crippen molar-refractivity contribution in [2.75, 3.05) is 34.3 Å². The van der Waals surface area contributed by atoms with Crippen LogP contribution in [0, 0.1) is 0 Å². The first kappa shape index (κ1) is 24.1. The molecule has 1 fully saturated rings. The zero-order chi connectivity index (χ0) is 24.7. The number of likely N-dealkylation sites (tertiary alicyclic amines) is 1. The van der Waals surface area contributed by atoms with Gasteiger partial charge in [-0.15, -0.1) is 0 Å². The molecule has 0 aromatic heterocycles. The number of carbonyl (C=O) groups excluding carboxylic acids is 2. The van der Waals surface area contributed by atoms with Gasteiger partial charge in [0.15, 0.2) is 11.5 Å². The van der Waals surface area contributed by atoms with Crippen LogP contribution in [-0.2, 0) is 16.0 Å². The molecule has 0 bridgehead atoms. The van der Waals surface area contributed by atoms with Gasteiger partial charge in [0.1, 0.15) is 17.6 Å². The van der Waals surface area contributed by atoms with Crippen molar-refractivity contribution in [1.29, 1.82) is 0 Å². The molecule has 8 nitrogen and oxygen atoms in total. The van der Waals surface area contributed by atoms with Gasteiger partial charge in [0.05, 0.1) is 23.2 Å². The average Bonchev–Trinajstić information content (AvgIpc) is 3.29. The number of phenols is 1. The first-order valence-corrected chi connectivity index (χ1v) is 11.7. The summed E-state index contributed by atoms with van der Waals surface area (Å²) in [5.41, 5.74) is 1.90. The highest BCUT2D eigenvalue weighted by molar-refractivity contribution is 9.10. The van der Waals surface area contributed by atoms with Crippen molar-refractivity contribution >= 4 is 33.4 Å². The van der Waals surface area contributed by atoms with Gasteiger partial charge >= 0.3 is 0 Å². The third-order valence-electron chi connectivity index (χ3n) is 6.08. The van der Waals surface area contributed by atoms with E-state index in [9.17, 15) is 19.8 Å². The lowest BCUT2D eigenvalue weighted by Crippen LogP contribution is -2.35. The van der Waals surface area contributed by atoms with Crippen LogP contribution < -0.4 is 9.47 Å². The minimum Gasteiger partial charge on any atom is -0.507 e. The zero-order valence-corrected chi connectivity index (χ0v) is 21.0. The highest BCUT2D eigenvalue weighted by Gasteiger charge is 2.46. The third kappa shape index (κ3) is 4.25. The van der Waals surface area contributed by atoms with Crippen molar-refractivity contribution < 1.29 is 29.3 Å². The van der Waals surface area contributed by atoms with Crippen molar-refractivity contribution in [1.82, 2.24) is 9.80 Å². The number of aromatic hydroxyl groups is 1. The molecule has 0 saturated carbocycles. The molecular weight excluding hydrogens is 504 g/mol. The number of rotatable bonds is 6. The number of likely N-dealkylation sites (N-methyl/N-ethyl adjacent to an activating group) is 1. The van der Waals surface area contributed by atoms with E-state index in [2.05, 4.69) is 15.9 Å². The fourth-order valence-corrected chi connectivity index (χ4v) is 4.86. The lowest BCUT2D eigenvalue weighted by Gasteiger charge is -2.27. The Morgan fingerprint density at radius 3 is 2.68 bits per heavy atom. The van der Waals surface area contributed by atoms with Crippen LogP contribution in [0.5, 0.6) is 17.2 Å². The number of aliphatic hydroxyl groups is 1. The molecule has 1 saturated heterocycles. The molecular formula is C25H27BrN2O6. The summed E-state index contributed by atoms with van der Waals surface area (Å²) in [6.07, 6.45) is 0.727. The smallest absolute Gasteiger partial charge is 0.295 e. The summed E-state index contributed by atoms with van der Waals surface area (Å²) in [5.74, 6) is -0.847.